The molecule has 0 spiro atoms. The van der Waals surface area contributed by atoms with E-state index in [0.717, 1.165) is 15.6 Å². The maximum absolute atomic E-state index is 12.2. The van der Waals surface area contributed by atoms with Crippen molar-refractivity contribution >= 4 is 35.3 Å². The summed E-state index contributed by atoms with van der Waals surface area (Å²) in [5.41, 5.74) is 1.74. The molecule has 2 aromatic carbocycles. The van der Waals surface area contributed by atoms with Crippen molar-refractivity contribution in [3.63, 3.8) is 0 Å². The molecule has 9 heteroatoms. The van der Waals surface area contributed by atoms with E-state index in [1.54, 1.807) is 16.8 Å². The predicted molar refractivity (Wildman–Crippen MR) is 99.8 cm³/mol. The van der Waals surface area contributed by atoms with Crippen LogP contribution in [0.25, 0.3) is 5.69 Å². The molecule has 0 saturated carbocycles. The molecule has 0 saturated heterocycles. The maximum Gasteiger partial charge on any atom is 0.422 e. The van der Waals surface area contributed by atoms with Crippen molar-refractivity contribution in [2.45, 2.75) is 16.3 Å². The van der Waals surface area contributed by atoms with Gasteiger partial charge >= 0.3 is 6.18 Å². The van der Waals surface area contributed by atoms with Gasteiger partial charge in [0.05, 0.1) is 5.69 Å². The topological polar surface area (TPSA) is 27.1 Å². The zero-order valence-electron chi connectivity index (χ0n) is 13.3. The third-order valence-corrected chi connectivity index (χ3v) is 5.63. The van der Waals surface area contributed by atoms with E-state index in [-0.39, 0.29) is 5.75 Å². The summed E-state index contributed by atoms with van der Waals surface area (Å²) in [5.74, 6) is 0.753. The van der Waals surface area contributed by atoms with Gasteiger partial charge in [-0.15, -0.1) is 5.10 Å². The normalized spacial score (nSPS) is 11.5. The standard InChI is InChI=1S/C17H13F3N2OS3/c18-17(19,20)11-23-14-8-4-5-12(9-14)10-25-15-21-22(16(24)26-15)13-6-2-1-3-7-13/h1-9H,10-11H2. The summed E-state index contributed by atoms with van der Waals surface area (Å²) in [7, 11) is 0. The average Bonchev–Trinajstić information content (AvgIpc) is 3.00. The number of halogens is 3. The molecule has 0 aliphatic carbocycles. The van der Waals surface area contributed by atoms with Crippen LogP contribution in [0.1, 0.15) is 5.56 Å². The fraction of sp³-hybridized carbons (Fsp3) is 0.176. The Balaban J connectivity index is 1.65. The molecule has 0 bridgehead atoms. The Labute approximate surface area is 161 Å². The predicted octanol–water partition coefficient (Wildman–Crippen LogP) is 5.90. The van der Waals surface area contributed by atoms with Crippen molar-refractivity contribution in [1.29, 1.82) is 0 Å². The number of rotatable bonds is 6. The number of nitrogens with zero attached hydrogens (tertiary/aromatic N) is 2. The van der Waals surface area contributed by atoms with E-state index in [4.69, 9.17) is 17.0 Å². The second-order valence-corrected chi connectivity index (χ2v) is 8.07. The number of hydrogen-bond donors (Lipinski definition) is 0. The van der Waals surface area contributed by atoms with Crippen molar-refractivity contribution in [2.75, 3.05) is 6.61 Å². The minimum atomic E-state index is -4.35. The number of ether oxygens (including phenoxy) is 1. The quantitative estimate of drug-likeness (QED) is 0.371. The van der Waals surface area contributed by atoms with E-state index < -0.39 is 12.8 Å². The second kappa shape index (κ2) is 8.24. The van der Waals surface area contributed by atoms with Crippen LogP contribution in [0.4, 0.5) is 13.2 Å². The summed E-state index contributed by atoms with van der Waals surface area (Å²) < 4.78 is 44.6. The van der Waals surface area contributed by atoms with Gasteiger partial charge in [0.15, 0.2) is 14.9 Å². The number of aromatic nitrogens is 2. The van der Waals surface area contributed by atoms with E-state index in [1.807, 2.05) is 36.4 Å². The first-order valence-electron chi connectivity index (χ1n) is 7.47. The Morgan fingerprint density at radius 2 is 1.88 bits per heavy atom. The highest BCUT2D eigenvalue weighted by Crippen LogP contribution is 2.28. The van der Waals surface area contributed by atoms with E-state index in [0.29, 0.717) is 9.71 Å². The summed E-state index contributed by atoms with van der Waals surface area (Å²) >= 11 is 8.23. The molecule has 0 radical (unpaired) electrons. The lowest BCUT2D eigenvalue weighted by molar-refractivity contribution is -0.153. The Morgan fingerprint density at radius 1 is 1.12 bits per heavy atom. The number of thioether (sulfide) groups is 1. The van der Waals surface area contributed by atoms with E-state index in [1.165, 1.54) is 29.2 Å². The Bertz CT molecular complexity index is 923. The Hall–Kier alpha value is -1.84. The van der Waals surface area contributed by atoms with Crippen molar-refractivity contribution in [1.82, 2.24) is 9.78 Å². The molecule has 0 fully saturated rings. The van der Waals surface area contributed by atoms with Gasteiger partial charge in [0, 0.05) is 5.75 Å². The highest BCUT2D eigenvalue weighted by molar-refractivity contribution is 8.00. The molecule has 0 unspecified atom stereocenters. The summed E-state index contributed by atoms with van der Waals surface area (Å²) in [6, 6.07) is 16.2. The third-order valence-electron chi connectivity index (χ3n) is 3.19. The van der Waals surface area contributed by atoms with Crippen LogP contribution in [0.5, 0.6) is 5.75 Å². The van der Waals surface area contributed by atoms with Gasteiger partial charge in [-0.3, -0.25) is 0 Å². The van der Waals surface area contributed by atoms with E-state index >= 15 is 0 Å². The van der Waals surface area contributed by atoms with Crippen LogP contribution in [-0.2, 0) is 5.75 Å². The van der Waals surface area contributed by atoms with Gasteiger partial charge in [0.25, 0.3) is 0 Å². The fourth-order valence-corrected chi connectivity index (χ4v) is 4.39. The molecule has 26 heavy (non-hydrogen) atoms. The lowest BCUT2D eigenvalue weighted by Crippen LogP contribution is -2.19. The van der Waals surface area contributed by atoms with Gasteiger partial charge < -0.3 is 4.74 Å². The number of alkyl halides is 3. The molecule has 0 aliphatic rings. The summed E-state index contributed by atoms with van der Waals surface area (Å²) in [6.07, 6.45) is -4.35. The van der Waals surface area contributed by atoms with Crippen molar-refractivity contribution < 1.29 is 17.9 Å². The molecular weight excluding hydrogens is 401 g/mol. The smallest absolute Gasteiger partial charge is 0.422 e. The molecule has 1 aromatic heterocycles. The first-order valence-corrected chi connectivity index (χ1v) is 9.69. The monoisotopic (exact) mass is 414 g/mol. The molecule has 1 heterocycles. The highest BCUT2D eigenvalue weighted by Gasteiger charge is 2.28. The average molecular weight is 414 g/mol. The zero-order valence-corrected chi connectivity index (χ0v) is 15.7. The van der Waals surface area contributed by atoms with Crippen LogP contribution in [0.2, 0.25) is 0 Å². The molecule has 0 aliphatic heterocycles. The van der Waals surface area contributed by atoms with Crippen molar-refractivity contribution in [3.8, 4) is 11.4 Å². The first kappa shape index (κ1) is 18.9. The van der Waals surface area contributed by atoms with Gasteiger partial charge in [-0.25, -0.2) is 4.68 Å². The minimum Gasteiger partial charge on any atom is -0.484 e. The van der Waals surface area contributed by atoms with Crippen LogP contribution < -0.4 is 4.74 Å². The number of benzene rings is 2. The van der Waals surface area contributed by atoms with E-state index in [2.05, 4.69) is 5.10 Å². The van der Waals surface area contributed by atoms with Crippen LogP contribution in [0, 0.1) is 3.95 Å². The zero-order chi connectivity index (χ0) is 18.6. The first-order chi connectivity index (χ1) is 12.4. The van der Waals surface area contributed by atoms with Gasteiger partial charge in [-0.2, -0.15) is 13.2 Å². The van der Waals surface area contributed by atoms with Crippen LogP contribution in [0.3, 0.4) is 0 Å². The molecule has 0 N–H and O–H groups in total. The fourth-order valence-electron chi connectivity index (χ4n) is 2.09. The second-order valence-electron chi connectivity index (χ2n) is 5.22. The molecule has 0 amide bonds. The third kappa shape index (κ3) is 5.33. The van der Waals surface area contributed by atoms with Crippen LogP contribution >= 0.6 is 35.3 Å². The number of hydrogen-bond acceptors (Lipinski definition) is 5. The summed E-state index contributed by atoms with van der Waals surface area (Å²) in [6.45, 7) is -1.30. The molecule has 3 nitrogen and oxygen atoms in total. The summed E-state index contributed by atoms with van der Waals surface area (Å²) in [4.78, 5) is 0. The van der Waals surface area contributed by atoms with Gasteiger partial charge in [-0.1, -0.05) is 53.4 Å². The minimum absolute atomic E-state index is 0.197. The molecule has 136 valence electrons. The lowest BCUT2D eigenvalue weighted by atomic mass is 10.2. The Kier molecular flexibility index (Phi) is 6.00. The lowest BCUT2D eigenvalue weighted by Gasteiger charge is -2.09. The molecule has 3 rings (SSSR count). The van der Waals surface area contributed by atoms with Crippen molar-refractivity contribution in [2.24, 2.45) is 0 Å². The maximum atomic E-state index is 12.2. The van der Waals surface area contributed by atoms with E-state index in [9.17, 15) is 13.2 Å². The van der Waals surface area contributed by atoms with Crippen LogP contribution in [0.15, 0.2) is 58.9 Å². The van der Waals surface area contributed by atoms with Gasteiger partial charge in [0.1, 0.15) is 5.75 Å². The van der Waals surface area contributed by atoms with Gasteiger partial charge in [0.2, 0.25) is 0 Å². The largest absolute Gasteiger partial charge is 0.484 e. The van der Waals surface area contributed by atoms with Gasteiger partial charge in [-0.05, 0) is 42.0 Å². The molecular formula is C17H13F3N2OS3. The molecule has 3 aromatic rings. The SMILES string of the molecule is FC(F)(F)COc1cccc(CSc2nn(-c3ccccc3)c(=S)s2)c1. The van der Waals surface area contributed by atoms with Crippen LogP contribution in [-0.4, -0.2) is 22.6 Å². The van der Waals surface area contributed by atoms with Crippen molar-refractivity contribution in [3.05, 3.63) is 64.1 Å². The summed E-state index contributed by atoms with van der Waals surface area (Å²) in [5, 5.41) is 4.50. The Morgan fingerprint density at radius 3 is 2.62 bits per heavy atom. The molecule has 0 atom stereocenters. The number of para-hydroxylation sites is 1. The highest BCUT2D eigenvalue weighted by atomic mass is 32.2.